The number of ether oxygens (including phenoxy) is 2. The van der Waals surface area contributed by atoms with Gasteiger partial charge in [0.05, 0.1) is 26.8 Å². The fourth-order valence-electron chi connectivity index (χ4n) is 7.38. The third-order valence-electron chi connectivity index (χ3n) is 10.0. The van der Waals surface area contributed by atoms with Crippen LogP contribution in [-0.2, 0) is 14.3 Å². The monoisotopic (exact) mass is 891 g/mol. The maximum Gasteiger partial charge on any atom is 0.413 e. The molecule has 2 fully saturated rings. The number of aromatic amines is 1. The molecule has 2 amide bonds. The van der Waals surface area contributed by atoms with Gasteiger partial charge < -0.3 is 39.1 Å². The molecule has 2 aromatic heterocycles. The highest BCUT2D eigenvalue weighted by Gasteiger charge is 2.35. The number of hydrogen-bond donors (Lipinski definition) is 3. The largest absolute Gasteiger partial charge is 0.444 e. The number of rotatable bonds is 10. The van der Waals surface area contributed by atoms with Gasteiger partial charge in [-0.15, -0.1) is 0 Å². The average molecular weight is 893 g/mol. The quantitative estimate of drug-likeness (QED) is 0.103. The predicted molar refractivity (Wildman–Crippen MR) is 238 cm³/mol. The molecule has 18 heteroatoms. The Hall–Kier alpha value is -4.45. The van der Waals surface area contributed by atoms with Gasteiger partial charge in [0.15, 0.2) is 10.9 Å². The van der Waals surface area contributed by atoms with Crippen LogP contribution in [-0.4, -0.2) is 111 Å². The van der Waals surface area contributed by atoms with Gasteiger partial charge in [-0.25, -0.2) is 28.1 Å². The van der Waals surface area contributed by atoms with Crippen LogP contribution in [0.25, 0.3) is 32.2 Å². The Labute approximate surface area is 365 Å². The van der Waals surface area contributed by atoms with Gasteiger partial charge in [-0.2, -0.15) is 4.98 Å². The summed E-state index contributed by atoms with van der Waals surface area (Å²) in [6.45, 7) is 18.2. The zero-order valence-electron chi connectivity index (χ0n) is 36.6. The van der Waals surface area contributed by atoms with Crippen molar-refractivity contribution in [2.75, 3.05) is 50.1 Å². The van der Waals surface area contributed by atoms with Crippen molar-refractivity contribution in [1.82, 2.24) is 24.8 Å². The summed E-state index contributed by atoms with van der Waals surface area (Å²) in [5.41, 5.74) is -2.22. The number of aromatic nitrogens is 3. The van der Waals surface area contributed by atoms with Crippen molar-refractivity contribution in [1.29, 1.82) is 0 Å². The molecule has 1 unspecified atom stereocenters. The van der Waals surface area contributed by atoms with Crippen LogP contribution in [0.1, 0.15) is 100 Å². The molecular formula is C43H60ClF2N7O7S. The number of amides is 2. The Morgan fingerprint density at radius 1 is 1.07 bits per heavy atom. The molecule has 4 aromatic rings. The van der Waals surface area contributed by atoms with Crippen LogP contribution in [0.5, 0.6) is 0 Å². The number of halogens is 3. The number of hydrogen-bond acceptors (Lipinski definition) is 12. The molecule has 2 aliphatic rings. The lowest BCUT2D eigenvalue weighted by atomic mass is 10.0. The van der Waals surface area contributed by atoms with Gasteiger partial charge >= 0.3 is 17.9 Å². The summed E-state index contributed by atoms with van der Waals surface area (Å²) >= 11 is 7.61. The number of carbonyl (C=O) groups is 3. The number of thiazole rings is 1. The molecule has 2 saturated heterocycles. The molecule has 14 nitrogen and oxygen atoms in total. The molecule has 61 heavy (non-hydrogen) atoms. The number of benzene rings is 2. The number of piperazine rings is 1. The van der Waals surface area contributed by atoms with Crippen LogP contribution in [0, 0.1) is 11.6 Å². The third-order valence-corrected chi connectivity index (χ3v) is 11.3. The molecule has 3 N–H and O–H groups in total. The molecule has 336 valence electrons. The second kappa shape index (κ2) is 21.6. The zero-order valence-corrected chi connectivity index (χ0v) is 38.2. The van der Waals surface area contributed by atoms with E-state index in [1.807, 2.05) is 11.8 Å². The topological polar surface area (TPSA) is 170 Å². The van der Waals surface area contributed by atoms with Crippen molar-refractivity contribution in [2.24, 2.45) is 0 Å². The maximum atomic E-state index is 16.5. The molecule has 0 spiro atoms. The smallest absolute Gasteiger partial charge is 0.413 e. The second-order valence-corrected chi connectivity index (χ2v) is 18.4. The van der Waals surface area contributed by atoms with Gasteiger partial charge in [0.2, 0.25) is 0 Å². The number of H-pyrrole nitrogens is 1. The van der Waals surface area contributed by atoms with E-state index in [9.17, 15) is 23.6 Å². The fraction of sp³-hybridized carbons (Fsp3) is 0.581. The van der Waals surface area contributed by atoms with E-state index in [1.165, 1.54) is 44.5 Å². The van der Waals surface area contributed by atoms with E-state index in [0.717, 1.165) is 56.1 Å². The van der Waals surface area contributed by atoms with Crippen LogP contribution in [0.3, 0.4) is 0 Å². The van der Waals surface area contributed by atoms with Crippen molar-refractivity contribution in [3.05, 3.63) is 45.3 Å². The number of nitrogens with zero attached hydrogens (tertiary/aromatic N) is 5. The van der Waals surface area contributed by atoms with Gasteiger partial charge in [0, 0.05) is 55.7 Å². The predicted octanol–water partition coefficient (Wildman–Crippen LogP) is 9.15. The minimum Gasteiger partial charge on any atom is -0.444 e. The van der Waals surface area contributed by atoms with E-state index in [1.54, 1.807) is 46.4 Å². The van der Waals surface area contributed by atoms with Crippen LogP contribution < -0.4 is 15.9 Å². The summed E-state index contributed by atoms with van der Waals surface area (Å²) in [6, 6.07) is 4.55. The van der Waals surface area contributed by atoms with Crippen molar-refractivity contribution in [3.63, 3.8) is 0 Å². The first-order chi connectivity index (χ1) is 28.8. The first kappa shape index (κ1) is 49.2. The van der Waals surface area contributed by atoms with Crippen molar-refractivity contribution < 1.29 is 37.7 Å². The Bertz CT molecular complexity index is 2210. The molecule has 0 radical (unpaired) electrons. The number of unbranched alkanes of at least 4 members (excludes halogenated alkanes) is 2. The Morgan fingerprint density at radius 2 is 1.77 bits per heavy atom. The number of nitrogens with one attached hydrogen (secondary N) is 2. The molecule has 6 rings (SSSR count). The van der Waals surface area contributed by atoms with Crippen molar-refractivity contribution >= 4 is 73.5 Å². The van der Waals surface area contributed by atoms with E-state index in [0.29, 0.717) is 26.1 Å². The third kappa shape index (κ3) is 13.0. The van der Waals surface area contributed by atoms with Crippen LogP contribution in [0.4, 0.5) is 29.3 Å². The molecule has 4 heterocycles. The van der Waals surface area contributed by atoms with E-state index in [2.05, 4.69) is 32.1 Å². The lowest BCUT2D eigenvalue weighted by Crippen LogP contribution is -2.56. The Balaban J connectivity index is 0.000000500. The molecule has 2 aromatic carbocycles. The number of aliphatic hydroxyl groups is 1. The first-order valence-corrected chi connectivity index (χ1v) is 21.9. The molecule has 0 saturated carbocycles. The molecule has 0 aliphatic carbocycles. The summed E-state index contributed by atoms with van der Waals surface area (Å²) in [5, 5.41) is 9.78. The van der Waals surface area contributed by atoms with Gasteiger partial charge in [-0.3, -0.25) is 5.32 Å². The molecule has 2 aliphatic heterocycles. The van der Waals surface area contributed by atoms with Gasteiger partial charge in [-0.1, -0.05) is 36.3 Å². The van der Waals surface area contributed by atoms with Crippen molar-refractivity contribution in [3.8, 4) is 11.1 Å². The number of anilines is 2. The summed E-state index contributed by atoms with van der Waals surface area (Å²) in [7, 11) is 1.00. The average Bonchev–Trinajstić information content (AvgIpc) is 3.80. The summed E-state index contributed by atoms with van der Waals surface area (Å²) < 4.78 is 42.4. The molecule has 2 atom stereocenters. The highest BCUT2D eigenvalue weighted by atomic mass is 35.5. The first-order valence-electron chi connectivity index (χ1n) is 20.7. The highest BCUT2D eigenvalue weighted by molar-refractivity contribution is 7.22. The molecular weight excluding hydrogens is 832 g/mol. The van der Waals surface area contributed by atoms with Gasteiger partial charge in [0.25, 0.3) is 0 Å². The fourth-order valence-corrected chi connectivity index (χ4v) is 8.55. The van der Waals surface area contributed by atoms with E-state index >= 15 is 4.39 Å². The SMILES string of the molecule is CCCC1CN(c2nc(=O)[nH]c3c(F)c(-c4ccc(F)c5sc(NC(=O)OC(C)(C)C)nc45)c(Cl)cc23)CCN1C(=O)OC(C)(C)C.CO.C[C@@H]1CCCN1CCCCC=O. The summed E-state index contributed by atoms with van der Waals surface area (Å²) in [6.07, 6.45) is 6.99. The number of aliphatic hydroxyl groups excluding tert-OH is 1. The molecule has 0 bridgehead atoms. The van der Waals surface area contributed by atoms with E-state index in [4.69, 9.17) is 26.2 Å². The van der Waals surface area contributed by atoms with Crippen LogP contribution in [0.2, 0.25) is 5.02 Å². The minimum absolute atomic E-state index is 0.0230. The normalized spacial score (nSPS) is 17.1. The van der Waals surface area contributed by atoms with Gasteiger partial charge in [-0.05, 0) is 112 Å². The summed E-state index contributed by atoms with van der Waals surface area (Å²) in [5.74, 6) is -1.25. The Morgan fingerprint density at radius 3 is 2.39 bits per heavy atom. The van der Waals surface area contributed by atoms with Gasteiger partial charge in [0.1, 0.15) is 29.1 Å². The maximum absolute atomic E-state index is 16.5. The van der Waals surface area contributed by atoms with Crippen molar-refractivity contribution in [2.45, 2.75) is 124 Å². The summed E-state index contributed by atoms with van der Waals surface area (Å²) in [4.78, 5) is 65.3. The zero-order chi connectivity index (χ0) is 45.2. The number of aldehydes is 1. The highest BCUT2D eigenvalue weighted by Crippen LogP contribution is 2.42. The van der Waals surface area contributed by atoms with Crippen LogP contribution >= 0.6 is 22.9 Å². The van der Waals surface area contributed by atoms with E-state index < -0.39 is 40.7 Å². The standard InChI is InChI=1S/C32H37ClF2N6O5S.C10H19NO.CH4O/c1-8-9-16-15-40(12-13-41(16)30(44)46-32(5,6)7)26-18-14-19(33)21(22(35)23(18)36-27(42)38-26)17-10-11-20(34)25-24(17)37-28(47-25)39-29(43)45-31(2,3)4;1-10-6-5-8-11(10)7-3-2-4-9-12;1-2/h10-11,14,16H,8-9,12-13,15H2,1-7H3,(H,36,38,42)(H,37,39,43);9-10H,2-8H2,1H3;2H,1H3/t;10-;/m.1./s1. The minimum atomic E-state index is -0.853. The lowest BCUT2D eigenvalue weighted by Gasteiger charge is -2.42. The van der Waals surface area contributed by atoms with E-state index in [-0.39, 0.29) is 54.3 Å². The second-order valence-electron chi connectivity index (χ2n) is 17.0. The number of likely N-dealkylation sites (tertiary alicyclic amines) is 1. The number of carbonyl (C=O) groups excluding carboxylic acids is 3. The number of fused-ring (bicyclic) bond motifs is 2. The Kier molecular flexibility index (Phi) is 17.4. The lowest BCUT2D eigenvalue weighted by molar-refractivity contribution is -0.107. The van der Waals surface area contributed by atoms with Crippen LogP contribution in [0.15, 0.2) is 23.0 Å².